The molecule has 0 saturated heterocycles. The summed E-state index contributed by atoms with van der Waals surface area (Å²) in [5.41, 5.74) is 1.92. The number of anilines is 1. The molecule has 4 nitrogen and oxygen atoms in total. The fourth-order valence-electron chi connectivity index (χ4n) is 1.86. The van der Waals surface area contributed by atoms with Crippen molar-refractivity contribution in [2.75, 3.05) is 19.5 Å². The Morgan fingerprint density at radius 1 is 1.44 bits per heavy atom. The summed E-state index contributed by atoms with van der Waals surface area (Å²) in [6.07, 6.45) is 1.38. The van der Waals surface area contributed by atoms with Crippen molar-refractivity contribution in [2.45, 2.75) is 6.92 Å². The average molecular weight is 248 g/mol. The molecule has 0 aliphatic carbocycles. The molecule has 18 heavy (non-hydrogen) atoms. The predicted octanol–water partition coefficient (Wildman–Crippen LogP) is 2.51. The minimum Gasteiger partial charge on any atom is -0.465 e. The fourth-order valence-corrected chi connectivity index (χ4v) is 1.86. The zero-order chi connectivity index (χ0) is 13.3. The molecule has 1 N–H and O–H groups in total. The minimum atomic E-state index is -0.476. The van der Waals surface area contributed by atoms with E-state index in [0.717, 1.165) is 0 Å². The summed E-state index contributed by atoms with van der Waals surface area (Å²) in [5.74, 6) is -0.793. The molecule has 5 heteroatoms. The number of nitrogens with one attached hydrogen (secondary N) is 1. The lowest BCUT2D eigenvalue weighted by molar-refractivity contribution is 0.0601. The molecule has 0 unspecified atom stereocenters. The topological polar surface area (TPSA) is 51.2 Å². The number of halogens is 1. The second kappa shape index (κ2) is 4.60. The number of methoxy groups -OCH3 is 1. The number of ether oxygens (including phenoxy) is 1. The van der Waals surface area contributed by atoms with Crippen molar-refractivity contribution in [1.29, 1.82) is 0 Å². The molecule has 0 fully saturated rings. The van der Waals surface area contributed by atoms with Crippen LogP contribution in [0.2, 0.25) is 0 Å². The molecule has 0 aliphatic rings. The number of aromatic nitrogens is 1. The van der Waals surface area contributed by atoms with E-state index in [0.29, 0.717) is 27.7 Å². The van der Waals surface area contributed by atoms with Gasteiger partial charge < -0.3 is 10.1 Å². The highest BCUT2D eigenvalue weighted by atomic mass is 19.1. The van der Waals surface area contributed by atoms with E-state index in [-0.39, 0.29) is 5.82 Å². The van der Waals surface area contributed by atoms with Crippen LogP contribution in [-0.4, -0.2) is 25.1 Å². The summed E-state index contributed by atoms with van der Waals surface area (Å²) in [4.78, 5) is 15.7. The van der Waals surface area contributed by atoms with Crippen LogP contribution >= 0.6 is 0 Å². The third-order valence-electron chi connectivity index (χ3n) is 2.80. The summed E-state index contributed by atoms with van der Waals surface area (Å²) in [6, 6.07) is 3.02. The second-order valence-corrected chi connectivity index (χ2v) is 3.91. The third-order valence-corrected chi connectivity index (χ3v) is 2.80. The highest BCUT2D eigenvalue weighted by Crippen LogP contribution is 2.28. The Morgan fingerprint density at radius 2 is 2.17 bits per heavy atom. The number of esters is 1. The molecule has 1 heterocycles. The number of hydrogen-bond donors (Lipinski definition) is 1. The molecule has 1 aromatic heterocycles. The number of pyridine rings is 1. The molecule has 0 aliphatic heterocycles. The zero-order valence-electron chi connectivity index (χ0n) is 10.4. The molecule has 0 amide bonds. The smallest absolute Gasteiger partial charge is 0.341 e. The highest BCUT2D eigenvalue weighted by Gasteiger charge is 2.16. The van der Waals surface area contributed by atoms with E-state index in [2.05, 4.69) is 15.0 Å². The Hall–Kier alpha value is -2.17. The average Bonchev–Trinajstić information content (AvgIpc) is 2.38. The maximum atomic E-state index is 13.5. The van der Waals surface area contributed by atoms with Crippen LogP contribution in [0.15, 0.2) is 18.3 Å². The van der Waals surface area contributed by atoms with Crippen molar-refractivity contribution < 1.29 is 13.9 Å². The van der Waals surface area contributed by atoms with Crippen molar-refractivity contribution in [2.24, 2.45) is 0 Å². The molecule has 1 aromatic carbocycles. The molecule has 0 bridgehead atoms. The third kappa shape index (κ3) is 1.88. The van der Waals surface area contributed by atoms with E-state index in [1.807, 2.05) is 0 Å². The first-order valence-electron chi connectivity index (χ1n) is 5.43. The number of hydrogen-bond acceptors (Lipinski definition) is 4. The molecule has 94 valence electrons. The lowest BCUT2D eigenvalue weighted by atomic mass is 10.1. The van der Waals surface area contributed by atoms with Gasteiger partial charge in [-0.3, -0.25) is 4.98 Å². The second-order valence-electron chi connectivity index (χ2n) is 3.91. The van der Waals surface area contributed by atoms with Crippen LogP contribution in [0.3, 0.4) is 0 Å². The number of nitrogens with zero attached hydrogens (tertiary/aromatic N) is 1. The van der Waals surface area contributed by atoms with Crippen LogP contribution in [0.25, 0.3) is 10.9 Å². The standard InChI is InChI=1S/C13H13FN2O2/c1-7-4-8-11(5-10(7)14)16-6-9(12(8)15-2)13(17)18-3/h4-6H,1-3H3,(H,15,16). The summed E-state index contributed by atoms with van der Waals surface area (Å²) >= 11 is 0. The van der Waals surface area contributed by atoms with Crippen LogP contribution in [0.5, 0.6) is 0 Å². The monoisotopic (exact) mass is 248 g/mol. The van der Waals surface area contributed by atoms with Gasteiger partial charge in [0.05, 0.1) is 18.3 Å². The lowest BCUT2D eigenvalue weighted by Crippen LogP contribution is -2.07. The van der Waals surface area contributed by atoms with Gasteiger partial charge in [-0.25, -0.2) is 9.18 Å². The number of carbonyl (C=O) groups excluding carboxylic acids is 1. The van der Waals surface area contributed by atoms with Crippen molar-refractivity contribution in [3.05, 3.63) is 35.3 Å². The first kappa shape index (κ1) is 12.3. The van der Waals surface area contributed by atoms with Crippen molar-refractivity contribution in [3.63, 3.8) is 0 Å². The van der Waals surface area contributed by atoms with Crippen LogP contribution in [0.1, 0.15) is 15.9 Å². The van der Waals surface area contributed by atoms with Crippen LogP contribution in [0.4, 0.5) is 10.1 Å². The van der Waals surface area contributed by atoms with E-state index in [4.69, 9.17) is 0 Å². The Bertz CT molecular complexity index is 626. The van der Waals surface area contributed by atoms with E-state index in [1.165, 1.54) is 19.4 Å². The maximum absolute atomic E-state index is 13.5. The van der Waals surface area contributed by atoms with Gasteiger partial charge in [-0.2, -0.15) is 0 Å². The summed E-state index contributed by atoms with van der Waals surface area (Å²) in [7, 11) is 3.00. The zero-order valence-corrected chi connectivity index (χ0v) is 10.4. The van der Waals surface area contributed by atoms with Gasteiger partial charge >= 0.3 is 5.97 Å². The number of carbonyl (C=O) groups is 1. The summed E-state index contributed by atoms with van der Waals surface area (Å²) < 4.78 is 18.1. The van der Waals surface area contributed by atoms with E-state index in [1.54, 1.807) is 20.0 Å². The van der Waals surface area contributed by atoms with Gasteiger partial charge in [0.2, 0.25) is 0 Å². The molecule has 0 atom stereocenters. The van der Waals surface area contributed by atoms with Gasteiger partial charge in [0.15, 0.2) is 0 Å². The Kier molecular flexibility index (Phi) is 3.14. The largest absolute Gasteiger partial charge is 0.465 e. The minimum absolute atomic E-state index is 0.317. The van der Waals surface area contributed by atoms with E-state index >= 15 is 0 Å². The molecule has 0 spiro atoms. The fraction of sp³-hybridized carbons (Fsp3) is 0.231. The SMILES string of the molecule is CNc1c(C(=O)OC)cnc2cc(F)c(C)cc12. The van der Waals surface area contributed by atoms with Gasteiger partial charge in [-0.15, -0.1) is 0 Å². The Balaban J connectivity index is 2.78. The molecular formula is C13H13FN2O2. The van der Waals surface area contributed by atoms with Gasteiger partial charge in [0.1, 0.15) is 11.4 Å². The lowest BCUT2D eigenvalue weighted by Gasteiger charge is -2.11. The predicted molar refractivity (Wildman–Crippen MR) is 67.3 cm³/mol. The molecular weight excluding hydrogens is 235 g/mol. The van der Waals surface area contributed by atoms with Crippen LogP contribution in [-0.2, 0) is 4.74 Å². The molecule has 0 saturated carbocycles. The Labute approximate surface area is 104 Å². The molecule has 0 radical (unpaired) electrons. The van der Waals surface area contributed by atoms with Crippen molar-refractivity contribution >= 4 is 22.6 Å². The van der Waals surface area contributed by atoms with Gasteiger partial charge in [-0.05, 0) is 18.6 Å². The highest BCUT2D eigenvalue weighted by molar-refractivity contribution is 6.04. The Morgan fingerprint density at radius 3 is 2.78 bits per heavy atom. The quantitative estimate of drug-likeness (QED) is 0.830. The van der Waals surface area contributed by atoms with E-state index < -0.39 is 5.97 Å². The number of aryl methyl sites for hydroxylation is 1. The van der Waals surface area contributed by atoms with Crippen LogP contribution < -0.4 is 5.32 Å². The van der Waals surface area contributed by atoms with Gasteiger partial charge in [0, 0.05) is 24.7 Å². The van der Waals surface area contributed by atoms with Crippen LogP contribution in [0, 0.1) is 12.7 Å². The van der Waals surface area contributed by atoms with Crippen molar-refractivity contribution in [1.82, 2.24) is 4.98 Å². The van der Waals surface area contributed by atoms with Crippen molar-refractivity contribution in [3.8, 4) is 0 Å². The summed E-state index contributed by atoms with van der Waals surface area (Å²) in [5, 5.41) is 3.63. The number of fused-ring (bicyclic) bond motifs is 1. The maximum Gasteiger partial charge on any atom is 0.341 e. The van der Waals surface area contributed by atoms with Gasteiger partial charge in [0.25, 0.3) is 0 Å². The normalized spacial score (nSPS) is 10.4. The molecule has 2 aromatic rings. The molecule has 2 rings (SSSR count). The number of benzene rings is 1. The van der Waals surface area contributed by atoms with Gasteiger partial charge in [-0.1, -0.05) is 0 Å². The first-order valence-corrected chi connectivity index (χ1v) is 5.43. The number of rotatable bonds is 2. The summed E-state index contributed by atoms with van der Waals surface area (Å²) in [6.45, 7) is 1.67. The first-order chi connectivity index (χ1) is 8.58. The van der Waals surface area contributed by atoms with E-state index in [9.17, 15) is 9.18 Å².